The fraction of sp³-hybridized carbons (Fsp3) is 0.778. The minimum atomic E-state index is -0.969. The molecule has 0 saturated carbocycles. The van der Waals surface area contributed by atoms with Crippen LogP contribution in [0.15, 0.2) is 0 Å². The lowest BCUT2D eigenvalue weighted by Crippen LogP contribution is -2.40. The lowest BCUT2D eigenvalue weighted by molar-refractivity contribution is -0.146. The van der Waals surface area contributed by atoms with Crippen LogP contribution in [0.2, 0.25) is 0 Å². The number of aliphatic hydroxyl groups excluding tert-OH is 1. The molecule has 1 aliphatic rings. The summed E-state index contributed by atoms with van der Waals surface area (Å²) in [5, 5.41) is 17.3. The lowest BCUT2D eigenvalue weighted by atomic mass is 10.2. The van der Waals surface area contributed by atoms with Crippen LogP contribution in [-0.4, -0.2) is 59.4 Å². The van der Waals surface area contributed by atoms with Crippen molar-refractivity contribution in [3.8, 4) is 0 Å². The van der Waals surface area contributed by atoms with E-state index in [9.17, 15) is 9.59 Å². The van der Waals surface area contributed by atoms with E-state index in [2.05, 4.69) is 0 Å². The van der Waals surface area contributed by atoms with Gasteiger partial charge in [0.2, 0.25) is 5.91 Å². The molecule has 1 unspecified atom stereocenters. The second-order valence-electron chi connectivity index (χ2n) is 3.32. The number of aliphatic carboxylic acids is 1. The fourth-order valence-corrected chi connectivity index (χ4v) is 1.60. The molecule has 1 rings (SSSR count). The smallest absolute Gasteiger partial charge is 0.326 e. The number of carboxylic acid groups (broad SMARTS) is 1. The Morgan fingerprint density at radius 2 is 2.27 bits per heavy atom. The number of carboxylic acids is 1. The summed E-state index contributed by atoms with van der Waals surface area (Å²) in [6.07, 6.45) is 0.658. The molecule has 6 nitrogen and oxygen atoms in total. The van der Waals surface area contributed by atoms with E-state index < -0.39 is 12.0 Å². The molecule has 1 atom stereocenters. The van der Waals surface area contributed by atoms with Crippen LogP contribution in [0.5, 0.6) is 0 Å². The molecule has 0 radical (unpaired) electrons. The SMILES string of the molecule is O=C(O)C1CCC(=O)N1CCOCCO. The minimum Gasteiger partial charge on any atom is -0.480 e. The number of nitrogens with zero attached hydrogens (tertiary/aromatic N) is 1. The average Bonchev–Trinajstić information content (AvgIpc) is 2.55. The largest absolute Gasteiger partial charge is 0.480 e. The summed E-state index contributed by atoms with van der Waals surface area (Å²) in [5.41, 5.74) is 0. The molecule has 0 bridgehead atoms. The number of carbonyl (C=O) groups is 2. The van der Waals surface area contributed by atoms with Crippen molar-refractivity contribution in [1.29, 1.82) is 0 Å². The topological polar surface area (TPSA) is 87.1 Å². The molecule has 0 aromatic heterocycles. The number of amides is 1. The molecule has 1 aliphatic heterocycles. The van der Waals surface area contributed by atoms with Crippen LogP contribution in [0, 0.1) is 0 Å². The van der Waals surface area contributed by atoms with E-state index in [1.807, 2.05) is 0 Å². The zero-order valence-corrected chi connectivity index (χ0v) is 8.39. The number of rotatable bonds is 6. The Balaban J connectivity index is 2.36. The van der Waals surface area contributed by atoms with Gasteiger partial charge in [0.05, 0.1) is 19.8 Å². The molecular formula is C9H15NO5. The molecule has 0 aromatic carbocycles. The zero-order valence-electron chi connectivity index (χ0n) is 8.39. The summed E-state index contributed by atoms with van der Waals surface area (Å²) < 4.78 is 4.98. The number of ether oxygens (including phenoxy) is 1. The van der Waals surface area contributed by atoms with Gasteiger partial charge in [0.15, 0.2) is 0 Å². The quantitative estimate of drug-likeness (QED) is 0.561. The first-order valence-electron chi connectivity index (χ1n) is 4.87. The highest BCUT2D eigenvalue weighted by atomic mass is 16.5. The Kier molecular flexibility index (Phi) is 4.51. The van der Waals surface area contributed by atoms with Crippen LogP contribution >= 0.6 is 0 Å². The molecule has 6 heteroatoms. The van der Waals surface area contributed by atoms with Crippen molar-refractivity contribution in [3.05, 3.63) is 0 Å². The maximum absolute atomic E-state index is 11.3. The zero-order chi connectivity index (χ0) is 11.3. The maximum Gasteiger partial charge on any atom is 0.326 e. The van der Waals surface area contributed by atoms with Crippen molar-refractivity contribution in [1.82, 2.24) is 4.90 Å². The van der Waals surface area contributed by atoms with Crippen molar-refractivity contribution in [2.24, 2.45) is 0 Å². The summed E-state index contributed by atoms with van der Waals surface area (Å²) in [6, 6.07) is -0.713. The number of hydrogen-bond acceptors (Lipinski definition) is 4. The van der Waals surface area contributed by atoms with E-state index in [0.717, 1.165) is 0 Å². The van der Waals surface area contributed by atoms with Gasteiger partial charge in [-0.3, -0.25) is 4.79 Å². The number of aliphatic hydroxyl groups is 1. The highest BCUT2D eigenvalue weighted by molar-refractivity contribution is 5.87. The van der Waals surface area contributed by atoms with Crippen molar-refractivity contribution in [2.45, 2.75) is 18.9 Å². The predicted octanol–water partition coefficient (Wildman–Crippen LogP) is -0.929. The number of carbonyl (C=O) groups excluding carboxylic acids is 1. The number of likely N-dealkylation sites (tertiary alicyclic amines) is 1. The summed E-state index contributed by atoms with van der Waals surface area (Å²) in [4.78, 5) is 23.4. The van der Waals surface area contributed by atoms with Crippen LogP contribution in [0.4, 0.5) is 0 Å². The lowest BCUT2D eigenvalue weighted by Gasteiger charge is -2.21. The van der Waals surface area contributed by atoms with Gasteiger partial charge < -0.3 is 19.8 Å². The molecule has 0 spiro atoms. The Morgan fingerprint density at radius 1 is 1.53 bits per heavy atom. The monoisotopic (exact) mass is 217 g/mol. The Labute approximate surface area is 87.4 Å². The van der Waals surface area contributed by atoms with Crippen molar-refractivity contribution in [3.63, 3.8) is 0 Å². The molecule has 0 aliphatic carbocycles. The molecule has 15 heavy (non-hydrogen) atoms. The second-order valence-corrected chi connectivity index (χ2v) is 3.32. The van der Waals surface area contributed by atoms with Gasteiger partial charge in [0.1, 0.15) is 6.04 Å². The van der Waals surface area contributed by atoms with E-state index in [0.29, 0.717) is 6.42 Å². The first-order chi connectivity index (χ1) is 7.16. The fourth-order valence-electron chi connectivity index (χ4n) is 1.60. The minimum absolute atomic E-state index is 0.0731. The number of hydrogen-bond donors (Lipinski definition) is 2. The second kappa shape index (κ2) is 5.67. The van der Waals surface area contributed by atoms with Crippen LogP contribution in [0.1, 0.15) is 12.8 Å². The molecule has 86 valence electrons. The third-order valence-electron chi connectivity index (χ3n) is 2.33. The Morgan fingerprint density at radius 3 is 2.87 bits per heavy atom. The van der Waals surface area contributed by atoms with Crippen molar-refractivity contribution in [2.75, 3.05) is 26.4 Å². The van der Waals surface area contributed by atoms with Crippen LogP contribution in [0.25, 0.3) is 0 Å². The summed E-state index contributed by atoms with van der Waals surface area (Å²) in [5.74, 6) is -1.11. The first kappa shape index (κ1) is 11.9. The molecule has 1 saturated heterocycles. The van der Waals surface area contributed by atoms with E-state index in [1.54, 1.807) is 0 Å². The van der Waals surface area contributed by atoms with Crippen LogP contribution in [0.3, 0.4) is 0 Å². The van der Waals surface area contributed by atoms with E-state index in [1.165, 1.54) is 4.90 Å². The molecule has 1 heterocycles. The van der Waals surface area contributed by atoms with Gasteiger partial charge in [-0.25, -0.2) is 4.79 Å². The summed E-state index contributed by atoms with van der Waals surface area (Å²) >= 11 is 0. The van der Waals surface area contributed by atoms with Gasteiger partial charge in [-0.05, 0) is 6.42 Å². The van der Waals surface area contributed by atoms with Gasteiger partial charge in [0, 0.05) is 13.0 Å². The normalized spacial score (nSPS) is 21.0. The maximum atomic E-state index is 11.3. The molecular weight excluding hydrogens is 202 g/mol. The van der Waals surface area contributed by atoms with Crippen LogP contribution in [-0.2, 0) is 14.3 Å². The summed E-state index contributed by atoms with van der Waals surface area (Å²) in [7, 11) is 0. The van der Waals surface area contributed by atoms with Gasteiger partial charge in [-0.2, -0.15) is 0 Å². The van der Waals surface area contributed by atoms with Crippen LogP contribution < -0.4 is 0 Å². The Bertz CT molecular complexity index is 243. The molecule has 2 N–H and O–H groups in total. The van der Waals surface area contributed by atoms with E-state index in [-0.39, 0.29) is 38.7 Å². The van der Waals surface area contributed by atoms with E-state index in [4.69, 9.17) is 14.9 Å². The van der Waals surface area contributed by atoms with Crippen molar-refractivity contribution >= 4 is 11.9 Å². The highest BCUT2D eigenvalue weighted by Gasteiger charge is 2.35. The molecule has 1 fully saturated rings. The van der Waals surface area contributed by atoms with Gasteiger partial charge >= 0.3 is 5.97 Å². The Hall–Kier alpha value is -1.14. The third-order valence-corrected chi connectivity index (χ3v) is 2.33. The summed E-state index contributed by atoms with van der Waals surface area (Å²) in [6.45, 7) is 0.669. The predicted molar refractivity (Wildman–Crippen MR) is 50.3 cm³/mol. The molecule has 1 amide bonds. The third kappa shape index (κ3) is 3.17. The van der Waals surface area contributed by atoms with E-state index >= 15 is 0 Å². The van der Waals surface area contributed by atoms with Crippen molar-refractivity contribution < 1.29 is 24.5 Å². The average molecular weight is 217 g/mol. The standard InChI is InChI=1S/C9H15NO5/c11-4-6-15-5-3-10-7(9(13)14)1-2-8(10)12/h7,11H,1-6H2,(H,13,14). The highest BCUT2D eigenvalue weighted by Crippen LogP contribution is 2.18. The molecule has 0 aromatic rings. The van der Waals surface area contributed by atoms with Gasteiger partial charge in [-0.1, -0.05) is 0 Å². The van der Waals surface area contributed by atoms with Gasteiger partial charge in [-0.15, -0.1) is 0 Å². The first-order valence-corrected chi connectivity index (χ1v) is 4.87. The van der Waals surface area contributed by atoms with Gasteiger partial charge in [0.25, 0.3) is 0 Å².